The van der Waals surface area contributed by atoms with E-state index in [4.69, 9.17) is 9.84 Å². The third kappa shape index (κ3) is 4.56. The molecule has 0 spiro atoms. The van der Waals surface area contributed by atoms with E-state index in [1.807, 2.05) is 0 Å². The van der Waals surface area contributed by atoms with Gasteiger partial charge >= 0.3 is 12.0 Å². The molecule has 14 nitrogen and oxygen atoms in total. The highest BCUT2D eigenvalue weighted by Crippen LogP contribution is 2.33. The number of rotatable bonds is 7. The van der Waals surface area contributed by atoms with Gasteiger partial charge in [-0.05, 0) is 13.2 Å². The normalized spacial score (nSPS) is 25.4. The molecule has 0 radical (unpaired) electrons. The predicted octanol–water partition coefficient (Wildman–Crippen LogP) is -1.88. The van der Waals surface area contributed by atoms with E-state index in [9.17, 15) is 30.0 Å². The van der Waals surface area contributed by atoms with Crippen LogP contribution in [0.15, 0.2) is 11.5 Å². The van der Waals surface area contributed by atoms with Crippen molar-refractivity contribution in [2.45, 2.75) is 48.8 Å². The molecular weight excluding hydrogens is 436 g/mol. The molecule has 31 heavy (non-hydrogen) atoms. The number of imidazole rings is 1. The van der Waals surface area contributed by atoms with E-state index in [1.165, 1.54) is 17.8 Å². The third-order valence-electron chi connectivity index (χ3n) is 4.64. The number of urea groups is 1. The van der Waals surface area contributed by atoms with Gasteiger partial charge in [0.2, 0.25) is 0 Å². The van der Waals surface area contributed by atoms with Gasteiger partial charge in [0.25, 0.3) is 0 Å². The number of carbonyl (C=O) groups excluding carboxylic acids is 1. The van der Waals surface area contributed by atoms with Crippen LogP contribution in [0.1, 0.15) is 13.2 Å². The van der Waals surface area contributed by atoms with Crippen LogP contribution in [0.5, 0.6) is 0 Å². The number of fused-ring (bicyclic) bond motifs is 1. The van der Waals surface area contributed by atoms with Gasteiger partial charge in [-0.15, -0.1) is 0 Å². The Bertz CT molecular complexity index is 971. The zero-order chi connectivity index (χ0) is 22.9. The summed E-state index contributed by atoms with van der Waals surface area (Å²) in [5, 5.41) is 53.0. The number of nitrogens with zero attached hydrogens (tertiary/aromatic N) is 4. The average Bonchev–Trinajstić information content (AvgIpc) is 3.26. The molecule has 170 valence electrons. The lowest BCUT2D eigenvalue weighted by Gasteiger charge is -2.18. The number of ether oxygens (including phenoxy) is 1. The minimum atomic E-state index is -1.55. The fraction of sp³-hybridized carbons (Fsp3) is 0.562. The molecule has 0 bridgehead atoms. The van der Waals surface area contributed by atoms with Crippen molar-refractivity contribution in [3.63, 3.8) is 0 Å². The number of carboxylic acids is 1. The highest BCUT2D eigenvalue weighted by molar-refractivity contribution is 7.98. The first kappa shape index (κ1) is 23.1. The first-order valence-electron chi connectivity index (χ1n) is 9.07. The number of carbonyl (C=O) groups is 2. The SMILES string of the molecule is CSc1nc(NC(=O)NC(C(=O)O)C(C)O)c2ncn([C@@H]3O[C@H](CO)[C@@H](O)[C@H]3O)c2n1. The molecule has 0 aromatic carbocycles. The Morgan fingerprint density at radius 3 is 2.58 bits per heavy atom. The van der Waals surface area contributed by atoms with Gasteiger partial charge < -0.3 is 35.6 Å². The van der Waals surface area contributed by atoms with Crippen LogP contribution >= 0.6 is 11.8 Å². The van der Waals surface area contributed by atoms with Crippen molar-refractivity contribution in [3.8, 4) is 0 Å². The number of aliphatic hydroxyl groups excluding tert-OH is 4. The number of hydrogen-bond donors (Lipinski definition) is 7. The summed E-state index contributed by atoms with van der Waals surface area (Å²) < 4.78 is 6.83. The highest BCUT2D eigenvalue weighted by Gasteiger charge is 2.44. The fourth-order valence-electron chi connectivity index (χ4n) is 3.04. The number of anilines is 1. The summed E-state index contributed by atoms with van der Waals surface area (Å²) in [5.41, 5.74) is 0.268. The van der Waals surface area contributed by atoms with Crippen molar-refractivity contribution in [1.82, 2.24) is 24.8 Å². The third-order valence-corrected chi connectivity index (χ3v) is 5.19. The second kappa shape index (κ2) is 9.29. The molecule has 1 aliphatic rings. The van der Waals surface area contributed by atoms with E-state index in [0.717, 1.165) is 11.8 Å². The van der Waals surface area contributed by atoms with E-state index < -0.39 is 55.3 Å². The first-order chi connectivity index (χ1) is 14.7. The second-order valence-electron chi connectivity index (χ2n) is 6.77. The van der Waals surface area contributed by atoms with Crippen LogP contribution in [0.2, 0.25) is 0 Å². The lowest BCUT2D eigenvalue weighted by Crippen LogP contribution is -2.49. The molecule has 1 saturated heterocycles. The molecule has 15 heteroatoms. The number of aromatic nitrogens is 4. The molecule has 7 N–H and O–H groups in total. The second-order valence-corrected chi connectivity index (χ2v) is 7.54. The maximum Gasteiger partial charge on any atom is 0.328 e. The molecule has 2 unspecified atom stereocenters. The zero-order valence-electron chi connectivity index (χ0n) is 16.4. The average molecular weight is 458 g/mol. The van der Waals surface area contributed by atoms with Crippen molar-refractivity contribution in [1.29, 1.82) is 0 Å². The maximum absolute atomic E-state index is 12.3. The van der Waals surface area contributed by atoms with Crippen LogP contribution < -0.4 is 10.6 Å². The topological polar surface area (TPSA) is 212 Å². The summed E-state index contributed by atoms with van der Waals surface area (Å²) in [5.74, 6) is -1.47. The summed E-state index contributed by atoms with van der Waals surface area (Å²) in [6.45, 7) is 0.712. The predicted molar refractivity (Wildman–Crippen MR) is 105 cm³/mol. The van der Waals surface area contributed by atoms with E-state index in [0.29, 0.717) is 0 Å². The first-order valence-corrected chi connectivity index (χ1v) is 10.3. The minimum absolute atomic E-state index is 0.0490. The number of aliphatic carboxylic acids is 1. The van der Waals surface area contributed by atoms with Crippen LogP contribution in [0.3, 0.4) is 0 Å². The molecule has 1 fully saturated rings. The summed E-state index contributed by atoms with van der Waals surface area (Å²) in [6.07, 6.45) is -3.20. The quantitative estimate of drug-likeness (QED) is 0.179. The monoisotopic (exact) mass is 458 g/mol. The Labute approximate surface area is 179 Å². The van der Waals surface area contributed by atoms with Crippen molar-refractivity contribution in [2.24, 2.45) is 0 Å². The van der Waals surface area contributed by atoms with Gasteiger partial charge in [-0.1, -0.05) is 11.8 Å². The molecule has 0 saturated carbocycles. The van der Waals surface area contributed by atoms with E-state index in [1.54, 1.807) is 6.26 Å². The fourth-order valence-corrected chi connectivity index (χ4v) is 3.40. The van der Waals surface area contributed by atoms with Crippen LogP contribution in [-0.4, -0.2) is 100 Å². The van der Waals surface area contributed by atoms with Gasteiger partial charge in [-0.2, -0.15) is 0 Å². The van der Waals surface area contributed by atoms with Crippen molar-refractivity contribution >= 4 is 40.7 Å². The zero-order valence-corrected chi connectivity index (χ0v) is 17.2. The smallest absolute Gasteiger partial charge is 0.328 e. The maximum atomic E-state index is 12.3. The summed E-state index contributed by atoms with van der Waals surface area (Å²) >= 11 is 1.15. The number of aliphatic hydroxyl groups is 4. The van der Waals surface area contributed by atoms with Gasteiger partial charge in [0, 0.05) is 0 Å². The largest absolute Gasteiger partial charge is 0.480 e. The van der Waals surface area contributed by atoms with Crippen molar-refractivity contribution < 1.29 is 39.9 Å². The molecule has 6 atom stereocenters. The molecule has 2 aromatic rings. The van der Waals surface area contributed by atoms with Gasteiger partial charge in [0.1, 0.15) is 18.3 Å². The number of hydrogen-bond acceptors (Lipinski definition) is 11. The van der Waals surface area contributed by atoms with Crippen LogP contribution in [-0.2, 0) is 9.53 Å². The molecule has 3 heterocycles. The van der Waals surface area contributed by atoms with Crippen molar-refractivity contribution in [2.75, 3.05) is 18.2 Å². The Morgan fingerprint density at radius 1 is 1.32 bits per heavy atom. The minimum Gasteiger partial charge on any atom is -0.480 e. The Morgan fingerprint density at radius 2 is 2.03 bits per heavy atom. The van der Waals surface area contributed by atoms with Crippen LogP contribution in [0.4, 0.5) is 10.6 Å². The van der Waals surface area contributed by atoms with E-state index >= 15 is 0 Å². The molecule has 2 amide bonds. The number of thioether (sulfide) groups is 1. The van der Waals surface area contributed by atoms with E-state index in [-0.39, 0.29) is 22.1 Å². The molecule has 0 aliphatic carbocycles. The standard InChI is InChI=1S/C16H22N6O8S/c1-5(24)7(14(27)28)18-15(29)19-11-8-12(21-16(20-11)31-2)22(4-17-8)13-10(26)9(25)6(3-23)30-13/h4-7,9-10,13,23-26H,3H2,1-2H3,(H,27,28)(H2,18,19,20,21,29)/t5?,6-,7?,9-,10-,13-/m1/s1. The Hall–Kier alpha value is -2.56. The number of carboxylic acid groups (broad SMARTS) is 1. The molecular formula is C16H22N6O8S. The summed E-state index contributed by atoms with van der Waals surface area (Å²) in [6, 6.07) is -2.49. The Balaban J connectivity index is 1.93. The molecule has 2 aromatic heterocycles. The molecule has 1 aliphatic heterocycles. The lowest BCUT2D eigenvalue weighted by molar-refractivity contribution is -0.141. The van der Waals surface area contributed by atoms with Crippen LogP contribution in [0.25, 0.3) is 11.2 Å². The Kier molecular flexibility index (Phi) is 6.93. The van der Waals surface area contributed by atoms with Gasteiger partial charge in [0.15, 0.2) is 34.4 Å². The lowest BCUT2D eigenvalue weighted by atomic mass is 10.1. The van der Waals surface area contributed by atoms with Gasteiger partial charge in [0.05, 0.1) is 19.0 Å². The van der Waals surface area contributed by atoms with Gasteiger partial charge in [-0.25, -0.2) is 24.5 Å². The van der Waals surface area contributed by atoms with Crippen molar-refractivity contribution in [3.05, 3.63) is 6.33 Å². The van der Waals surface area contributed by atoms with Crippen LogP contribution in [0, 0.1) is 0 Å². The number of nitrogens with one attached hydrogen (secondary N) is 2. The van der Waals surface area contributed by atoms with E-state index in [2.05, 4.69) is 25.6 Å². The number of amides is 2. The molecule has 3 rings (SSSR count). The highest BCUT2D eigenvalue weighted by atomic mass is 32.2. The van der Waals surface area contributed by atoms with Gasteiger partial charge in [-0.3, -0.25) is 9.88 Å². The summed E-state index contributed by atoms with van der Waals surface area (Å²) in [7, 11) is 0. The summed E-state index contributed by atoms with van der Waals surface area (Å²) in [4.78, 5) is 36.1.